The summed E-state index contributed by atoms with van der Waals surface area (Å²) in [5.74, 6) is 0.241. The standard InChI is InChI=1S/C22H36O2/c1-3-5-6-7-8-9-10-11-12-13-14-19-22(18-4-2)20(23)16-15-17-21(22)24/h4,13-14H,2-3,5-12,15-19H2,1H3/b14-13+. The van der Waals surface area contributed by atoms with Crippen LogP contribution in [-0.2, 0) is 9.59 Å². The maximum atomic E-state index is 12.3. The first-order valence-electron chi connectivity index (χ1n) is 10.00. The molecule has 2 heteroatoms. The second-order valence-corrected chi connectivity index (χ2v) is 7.21. The van der Waals surface area contributed by atoms with Gasteiger partial charge < -0.3 is 0 Å². The predicted octanol–water partition coefficient (Wildman–Crippen LogP) is 6.35. The Morgan fingerprint density at radius 2 is 1.46 bits per heavy atom. The van der Waals surface area contributed by atoms with Crippen LogP contribution >= 0.6 is 0 Å². The molecule has 0 spiro atoms. The second-order valence-electron chi connectivity index (χ2n) is 7.21. The fourth-order valence-electron chi connectivity index (χ4n) is 3.63. The minimum atomic E-state index is -0.796. The van der Waals surface area contributed by atoms with Gasteiger partial charge in [-0.15, -0.1) is 6.58 Å². The van der Waals surface area contributed by atoms with Gasteiger partial charge in [-0.2, -0.15) is 0 Å². The van der Waals surface area contributed by atoms with Gasteiger partial charge in [-0.3, -0.25) is 9.59 Å². The lowest BCUT2D eigenvalue weighted by molar-refractivity contribution is -0.143. The van der Waals surface area contributed by atoms with Gasteiger partial charge in [-0.1, -0.05) is 70.1 Å². The van der Waals surface area contributed by atoms with E-state index < -0.39 is 5.41 Å². The first-order valence-corrected chi connectivity index (χ1v) is 10.00. The fraction of sp³-hybridized carbons (Fsp3) is 0.727. The summed E-state index contributed by atoms with van der Waals surface area (Å²) in [4.78, 5) is 24.7. The molecule has 0 bridgehead atoms. The third-order valence-corrected chi connectivity index (χ3v) is 5.23. The van der Waals surface area contributed by atoms with E-state index in [9.17, 15) is 9.59 Å². The van der Waals surface area contributed by atoms with Crippen LogP contribution in [-0.4, -0.2) is 11.6 Å². The Morgan fingerprint density at radius 1 is 0.875 bits per heavy atom. The molecule has 0 amide bonds. The molecule has 24 heavy (non-hydrogen) atoms. The average molecular weight is 333 g/mol. The van der Waals surface area contributed by atoms with Gasteiger partial charge in [-0.25, -0.2) is 0 Å². The topological polar surface area (TPSA) is 34.1 Å². The second kappa shape index (κ2) is 12.2. The highest BCUT2D eigenvalue weighted by atomic mass is 16.2. The summed E-state index contributed by atoms with van der Waals surface area (Å²) in [6.45, 7) is 5.99. The highest BCUT2D eigenvalue weighted by Crippen LogP contribution is 2.37. The molecule has 1 rings (SSSR count). The molecule has 0 unspecified atom stereocenters. The predicted molar refractivity (Wildman–Crippen MR) is 102 cm³/mol. The van der Waals surface area contributed by atoms with Crippen LogP contribution in [0.2, 0.25) is 0 Å². The summed E-state index contributed by atoms with van der Waals surface area (Å²) < 4.78 is 0. The van der Waals surface area contributed by atoms with Gasteiger partial charge in [-0.05, 0) is 32.1 Å². The van der Waals surface area contributed by atoms with Crippen molar-refractivity contribution in [2.45, 2.75) is 96.8 Å². The summed E-state index contributed by atoms with van der Waals surface area (Å²) in [6, 6.07) is 0. The first kappa shape index (κ1) is 20.9. The molecule has 0 aromatic heterocycles. The number of carbonyl (C=O) groups excluding carboxylic acids is 2. The van der Waals surface area contributed by atoms with Crippen LogP contribution in [0.5, 0.6) is 0 Å². The number of unbranched alkanes of at least 4 members (excludes halogenated alkanes) is 8. The van der Waals surface area contributed by atoms with Crippen molar-refractivity contribution in [3.05, 3.63) is 24.8 Å². The van der Waals surface area contributed by atoms with Gasteiger partial charge in [0.05, 0.1) is 5.41 Å². The molecule has 0 saturated heterocycles. The Morgan fingerprint density at radius 3 is 2.04 bits per heavy atom. The highest BCUT2D eigenvalue weighted by Gasteiger charge is 2.44. The summed E-state index contributed by atoms with van der Waals surface area (Å²) in [5.41, 5.74) is -0.796. The summed E-state index contributed by atoms with van der Waals surface area (Å²) >= 11 is 0. The van der Waals surface area contributed by atoms with Crippen molar-refractivity contribution < 1.29 is 9.59 Å². The molecular weight excluding hydrogens is 296 g/mol. The lowest BCUT2D eigenvalue weighted by atomic mass is 9.67. The van der Waals surface area contributed by atoms with Gasteiger partial charge in [0.15, 0.2) is 0 Å². The molecule has 1 fully saturated rings. The van der Waals surface area contributed by atoms with E-state index in [4.69, 9.17) is 0 Å². The molecule has 0 radical (unpaired) electrons. The lowest BCUT2D eigenvalue weighted by Gasteiger charge is -2.32. The summed E-state index contributed by atoms with van der Waals surface area (Å²) in [7, 11) is 0. The molecule has 2 nitrogen and oxygen atoms in total. The summed E-state index contributed by atoms with van der Waals surface area (Å²) in [5, 5.41) is 0. The number of Topliss-reactive ketones (excluding diaryl/α,β-unsaturated/α-hetero) is 2. The monoisotopic (exact) mass is 332 g/mol. The van der Waals surface area contributed by atoms with E-state index in [1.165, 1.54) is 51.4 Å². The Hall–Kier alpha value is -1.18. The van der Waals surface area contributed by atoms with Crippen molar-refractivity contribution in [1.29, 1.82) is 0 Å². The van der Waals surface area contributed by atoms with Crippen molar-refractivity contribution in [2.75, 3.05) is 0 Å². The van der Waals surface area contributed by atoms with Crippen LogP contribution in [0.15, 0.2) is 24.8 Å². The highest BCUT2D eigenvalue weighted by molar-refractivity contribution is 6.09. The van der Waals surface area contributed by atoms with Gasteiger partial charge in [0, 0.05) is 12.8 Å². The SMILES string of the molecule is C=CCC1(C/C=C/CCCCCCCCCC)C(=O)CCCC1=O. The maximum Gasteiger partial charge on any atom is 0.147 e. The Bertz CT molecular complexity index is 404. The Balaban J connectivity index is 2.25. The van der Waals surface area contributed by atoms with Crippen molar-refractivity contribution in [3.8, 4) is 0 Å². The van der Waals surface area contributed by atoms with Crippen LogP contribution in [0, 0.1) is 5.41 Å². The van der Waals surface area contributed by atoms with E-state index in [0.29, 0.717) is 25.7 Å². The van der Waals surface area contributed by atoms with E-state index in [1.54, 1.807) is 6.08 Å². The van der Waals surface area contributed by atoms with Crippen LogP contribution < -0.4 is 0 Å². The van der Waals surface area contributed by atoms with Crippen LogP contribution in [0.1, 0.15) is 96.8 Å². The van der Waals surface area contributed by atoms with Crippen LogP contribution in [0.3, 0.4) is 0 Å². The zero-order valence-corrected chi connectivity index (χ0v) is 15.7. The van der Waals surface area contributed by atoms with Crippen molar-refractivity contribution in [2.24, 2.45) is 5.41 Å². The van der Waals surface area contributed by atoms with E-state index in [2.05, 4.69) is 25.7 Å². The minimum absolute atomic E-state index is 0.121. The van der Waals surface area contributed by atoms with Gasteiger partial charge in [0.25, 0.3) is 0 Å². The average Bonchev–Trinajstić information content (AvgIpc) is 2.57. The zero-order valence-electron chi connectivity index (χ0n) is 15.7. The largest absolute Gasteiger partial charge is 0.299 e. The molecule has 136 valence electrons. The van der Waals surface area contributed by atoms with Crippen molar-refractivity contribution in [3.63, 3.8) is 0 Å². The van der Waals surface area contributed by atoms with Crippen molar-refractivity contribution >= 4 is 11.6 Å². The fourth-order valence-corrected chi connectivity index (χ4v) is 3.63. The van der Waals surface area contributed by atoms with Gasteiger partial charge in [0.1, 0.15) is 11.6 Å². The van der Waals surface area contributed by atoms with Gasteiger partial charge >= 0.3 is 0 Å². The maximum absolute atomic E-state index is 12.3. The summed E-state index contributed by atoms with van der Waals surface area (Å²) in [6.07, 6.45) is 20.5. The molecule has 0 atom stereocenters. The molecule has 0 heterocycles. The number of hydrogen-bond acceptors (Lipinski definition) is 2. The quantitative estimate of drug-likeness (QED) is 0.224. The Labute approximate surface area is 148 Å². The van der Waals surface area contributed by atoms with E-state index >= 15 is 0 Å². The normalized spacial score (nSPS) is 17.5. The van der Waals surface area contributed by atoms with E-state index in [0.717, 1.165) is 12.8 Å². The van der Waals surface area contributed by atoms with E-state index in [-0.39, 0.29) is 11.6 Å². The molecule has 1 aliphatic carbocycles. The molecular formula is C22H36O2. The number of carbonyl (C=O) groups is 2. The molecule has 0 aromatic carbocycles. The third-order valence-electron chi connectivity index (χ3n) is 5.23. The first-order chi connectivity index (χ1) is 11.7. The van der Waals surface area contributed by atoms with Crippen LogP contribution in [0.25, 0.3) is 0 Å². The number of allylic oxidation sites excluding steroid dienone is 3. The van der Waals surface area contributed by atoms with Gasteiger partial charge in [0.2, 0.25) is 0 Å². The lowest BCUT2D eigenvalue weighted by Crippen LogP contribution is -2.41. The number of hydrogen-bond donors (Lipinski definition) is 0. The number of ketones is 2. The van der Waals surface area contributed by atoms with E-state index in [1.807, 2.05) is 0 Å². The van der Waals surface area contributed by atoms with Crippen molar-refractivity contribution in [1.82, 2.24) is 0 Å². The molecule has 1 aliphatic rings. The Kier molecular flexibility index (Phi) is 10.6. The number of rotatable bonds is 13. The minimum Gasteiger partial charge on any atom is -0.299 e. The molecule has 1 saturated carbocycles. The smallest absolute Gasteiger partial charge is 0.147 e. The zero-order chi connectivity index (χ0) is 17.7. The third kappa shape index (κ3) is 6.75. The molecule has 0 aliphatic heterocycles. The van der Waals surface area contributed by atoms with Crippen LogP contribution in [0.4, 0.5) is 0 Å². The molecule has 0 aromatic rings. The molecule has 0 N–H and O–H groups in total.